The number of aromatic nitrogens is 5. The first-order valence-electron chi connectivity index (χ1n) is 9.50. The number of rotatable bonds is 4. The molecule has 0 amide bonds. The second-order valence-electron chi connectivity index (χ2n) is 6.78. The van der Waals surface area contributed by atoms with Crippen molar-refractivity contribution >= 4 is 27.8 Å². The van der Waals surface area contributed by atoms with Gasteiger partial charge in [-0.05, 0) is 36.4 Å². The van der Waals surface area contributed by atoms with Gasteiger partial charge in [0.1, 0.15) is 5.52 Å². The molecule has 150 valence electrons. The number of pyridine rings is 2. The van der Waals surface area contributed by atoms with E-state index in [1.165, 1.54) is 0 Å². The summed E-state index contributed by atoms with van der Waals surface area (Å²) in [5.74, 6) is -0.587. The quantitative estimate of drug-likeness (QED) is 0.420. The largest absolute Gasteiger partial charge is 0.439 e. The van der Waals surface area contributed by atoms with Gasteiger partial charge in [0.05, 0.1) is 22.2 Å². The van der Waals surface area contributed by atoms with Crippen LogP contribution < -0.4 is 5.56 Å². The Morgan fingerprint density at radius 2 is 1.61 bits per heavy atom. The van der Waals surface area contributed by atoms with Gasteiger partial charge in [-0.2, -0.15) is 4.68 Å². The normalized spacial score (nSPS) is 11.0. The molecule has 0 fully saturated rings. The van der Waals surface area contributed by atoms with Gasteiger partial charge < -0.3 is 4.74 Å². The topological polar surface area (TPSA) is 99.9 Å². The summed E-state index contributed by atoms with van der Waals surface area (Å²) >= 11 is 0. The molecule has 0 aliphatic rings. The third-order valence-electron chi connectivity index (χ3n) is 4.86. The molecule has 8 heteroatoms. The molecule has 0 atom stereocenters. The Bertz CT molecular complexity index is 1480. The number of fused-ring (bicyclic) bond motifs is 2. The molecule has 0 aliphatic heterocycles. The van der Waals surface area contributed by atoms with Gasteiger partial charge in [-0.3, -0.25) is 9.78 Å². The number of hydrogen-bond acceptors (Lipinski definition) is 7. The number of nitrogens with zero attached hydrogens (tertiary/aromatic N) is 5. The van der Waals surface area contributed by atoms with E-state index >= 15 is 0 Å². The summed E-state index contributed by atoms with van der Waals surface area (Å²) in [5.41, 5.74) is 2.56. The van der Waals surface area contributed by atoms with Gasteiger partial charge in [-0.15, -0.1) is 5.10 Å². The van der Waals surface area contributed by atoms with Crippen LogP contribution in [0.1, 0.15) is 10.4 Å². The van der Waals surface area contributed by atoms with Crippen LogP contribution in [0.3, 0.4) is 0 Å². The predicted octanol–water partition coefficient (Wildman–Crippen LogP) is 3.22. The van der Waals surface area contributed by atoms with Crippen LogP contribution in [0, 0.1) is 0 Å². The van der Waals surface area contributed by atoms with Crippen molar-refractivity contribution in [1.29, 1.82) is 0 Å². The molecular formula is C23H15N5O3. The first-order valence-corrected chi connectivity index (χ1v) is 9.50. The van der Waals surface area contributed by atoms with Crippen molar-refractivity contribution in [2.45, 2.75) is 6.73 Å². The highest BCUT2D eigenvalue weighted by Crippen LogP contribution is 2.25. The number of para-hydroxylation sites is 1. The second kappa shape index (κ2) is 7.75. The Labute approximate surface area is 175 Å². The maximum atomic E-state index is 13.0. The number of carbonyl (C=O) groups is 1. The predicted molar refractivity (Wildman–Crippen MR) is 114 cm³/mol. The van der Waals surface area contributed by atoms with Gasteiger partial charge >= 0.3 is 5.97 Å². The van der Waals surface area contributed by atoms with Crippen LogP contribution in [0.2, 0.25) is 0 Å². The monoisotopic (exact) mass is 409 g/mol. The van der Waals surface area contributed by atoms with E-state index in [1.807, 2.05) is 30.3 Å². The summed E-state index contributed by atoms with van der Waals surface area (Å²) in [4.78, 5) is 34.2. The van der Waals surface area contributed by atoms with Crippen LogP contribution in [-0.2, 0) is 11.5 Å². The van der Waals surface area contributed by atoms with Gasteiger partial charge in [0.15, 0.2) is 6.73 Å². The van der Waals surface area contributed by atoms with Gasteiger partial charge in [0.2, 0.25) is 0 Å². The Balaban J connectivity index is 1.50. The standard InChI is InChI=1S/C23H15N5O3/c29-22-17-6-2-4-8-20(17)26-27-28(22)14-31-23(30)18-13-21(15-9-11-24-12-10-15)25-19-7-3-1-5-16(18)19/h1-13H,14H2. The molecule has 31 heavy (non-hydrogen) atoms. The molecule has 0 spiro atoms. The zero-order valence-electron chi connectivity index (χ0n) is 16.2. The number of benzene rings is 2. The molecule has 5 aromatic rings. The van der Waals surface area contributed by atoms with E-state index in [4.69, 9.17) is 4.74 Å². The summed E-state index contributed by atoms with van der Waals surface area (Å²) in [7, 11) is 0. The zero-order valence-corrected chi connectivity index (χ0v) is 16.2. The van der Waals surface area contributed by atoms with Crippen molar-refractivity contribution in [3.8, 4) is 11.3 Å². The third-order valence-corrected chi connectivity index (χ3v) is 4.86. The molecule has 2 aromatic carbocycles. The second-order valence-corrected chi connectivity index (χ2v) is 6.78. The molecule has 0 saturated carbocycles. The van der Waals surface area contributed by atoms with E-state index in [0.717, 1.165) is 10.2 Å². The summed E-state index contributed by atoms with van der Waals surface area (Å²) < 4.78 is 6.45. The lowest BCUT2D eigenvalue weighted by Gasteiger charge is -2.10. The highest BCUT2D eigenvalue weighted by atomic mass is 16.5. The molecule has 3 heterocycles. The average molecular weight is 409 g/mol. The van der Waals surface area contributed by atoms with E-state index in [2.05, 4.69) is 20.3 Å². The van der Waals surface area contributed by atoms with Crippen LogP contribution >= 0.6 is 0 Å². The SMILES string of the molecule is O=C(OCn1nnc2ccccc2c1=O)c1cc(-c2ccncc2)nc2ccccc12. The number of hydrogen-bond donors (Lipinski definition) is 0. The maximum absolute atomic E-state index is 13.0. The van der Waals surface area contributed by atoms with E-state index < -0.39 is 5.97 Å². The van der Waals surface area contributed by atoms with Gasteiger partial charge in [0, 0.05) is 23.3 Å². The lowest BCUT2D eigenvalue weighted by atomic mass is 10.0. The molecule has 3 aromatic heterocycles. The van der Waals surface area contributed by atoms with Crippen molar-refractivity contribution < 1.29 is 9.53 Å². The molecule has 0 N–H and O–H groups in total. The van der Waals surface area contributed by atoms with Crippen LogP contribution in [0.15, 0.2) is 83.9 Å². The highest BCUT2D eigenvalue weighted by molar-refractivity contribution is 6.04. The lowest BCUT2D eigenvalue weighted by molar-refractivity contribution is 0.0338. The van der Waals surface area contributed by atoms with E-state index in [0.29, 0.717) is 33.1 Å². The minimum atomic E-state index is -0.587. The number of ether oxygens (including phenoxy) is 1. The minimum Gasteiger partial charge on any atom is -0.439 e. The van der Waals surface area contributed by atoms with Crippen molar-refractivity contribution in [2.75, 3.05) is 0 Å². The summed E-state index contributed by atoms with van der Waals surface area (Å²) in [5, 5.41) is 8.92. The fourth-order valence-corrected chi connectivity index (χ4v) is 3.32. The fourth-order valence-electron chi connectivity index (χ4n) is 3.32. The first kappa shape index (κ1) is 18.6. The molecule has 0 unspecified atom stereocenters. The molecule has 0 bridgehead atoms. The molecule has 0 aliphatic carbocycles. The maximum Gasteiger partial charge on any atom is 0.340 e. The molecule has 0 radical (unpaired) electrons. The van der Waals surface area contributed by atoms with Crippen LogP contribution in [0.4, 0.5) is 0 Å². The van der Waals surface area contributed by atoms with E-state index in [1.54, 1.807) is 48.8 Å². The zero-order chi connectivity index (χ0) is 21.2. The van der Waals surface area contributed by atoms with Crippen molar-refractivity contribution in [1.82, 2.24) is 25.0 Å². The van der Waals surface area contributed by atoms with Crippen LogP contribution in [0.5, 0.6) is 0 Å². The molecule has 5 rings (SSSR count). The van der Waals surface area contributed by atoms with E-state index in [-0.39, 0.29) is 12.3 Å². The van der Waals surface area contributed by atoms with Crippen LogP contribution in [0.25, 0.3) is 33.1 Å². The van der Waals surface area contributed by atoms with Gasteiger partial charge in [0.25, 0.3) is 5.56 Å². The molecule has 0 saturated heterocycles. The summed E-state index contributed by atoms with van der Waals surface area (Å²) in [6.45, 7) is -0.350. The van der Waals surface area contributed by atoms with E-state index in [9.17, 15) is 9.59 Å². The summed E-state index contributed by atoms with van der Waals surface area (Å²) in [6, 6.07) is 19.5. The highest BCUT2D eigenvalue weighted by Gasteiger charge is 2.16. The lowest BCUT2D eigenvalue weighted by Crippen LogP contribution is -2.26. The van der Waals surface area contributed by atoms with Crippen LogP contribution in [-0.4, -0.2) is 30.9 Å². The Kier molecular flexibility index (Phi) is 4.64. The Hall–Kier alpha value is -4.46. The minimum absolute atomic E-state index is 0.346. The Morgan fingerprint density at radius 1 is 0.903 bits per heavy atom. The Morgan fingerprint density at radius 3 is 2.42 bits per heavy atom. The van der Waals surface area contributed by atoms with Gasteiger partial charge in [-0.25, -0.2) is 9.78 Å². The first-order chi connectivity index (χ1) is 15.2. The fraction of sp³-hybridized carbons (Fsp3) is 0.0435. The number of esters is 1. The number of carbonyl (C=O) groups excluding carboxylic acids is 1. The average Bonchev–Trinajstić information content (AvgIpc) is 2.83. The van der Waals surface area contributed by atoms with Crippen molar-refractivity contribution in [2.24, 2.45) is 0 Å². The molecular weight excluding hydrogens is 394 g/mol. The van der Waals surface area contributed by atoms with Crippen molar-refractivity contribution in [3.05, 3.63) is 95.0 Å². The van der Waals surface area contributed by atoms with Gasteiger partial charge in [-0.1, -0.05) is 35.5 Å². The summed E-state index contributed by atoms with van der Waals surface area (Å²) in [6.07, 6.45) is 3.32. The van der Waals surface area contributed by atoms with Crippen molar-refractivity contribution in [3.63, 3.8) is 0 Å². The third kappa shape index (κ3) is 3.51. The smallest absolute Gasteiger partial charge is 0.340 e. The molecule has 8 nitrogen and oxygen atoms in total.